The number of hydrogen-bond donors (Lipinski definition) is 1. The van der Waals surface area contributed by atoms with Crippen LogP contribution in [-0.2, 0) is 42.7 Å². The largest absolute Gasteiger partial charge is 0.507 e. The molecule has 0 saturated heterocycles. The molecule has 0 aliphatic rings. The molecule has 4 nitrogen and oxygen atoms in total. The summed E-state index contributed by atoms with van der Waals surface area (Å²) in [6.45, 7) is 33.3. The Morgan fingerprint density at radius 2 is 1.08 bits per heavy atom. The van der Waals surface area contributed by atoms with Crippen LogP contribution in [-0.4, -0.2) is 19.6 Å². The van der Waals surface area contributed by atoms with Crippen molar-refractivity contribution in [2.45, 2.75) is 126 Å². The van der Waals surface area contributed by atoms with E-state index in [1.807, 2.05) is 6.20 Å². The molecular formula is C67H70N3OPt-. The molecule has 0 amide bonds. The number of imidazole rings is 1. The standard InChI is InChI=1S/C67H70N3O.Pt/c1-41-24-27-52(42(2)32-41)53-28-25-45(33-43(53)3)46-30-31-68-58(37-46)48-34-47(35-50(36-48)65(7,8)9)54-22-19-23-60-61(54)69-63(56-39-51(66(10,11)12)40-57(62(56)71)67(13,14)15)70(60)59-29-26-49(64(4,5)6)38-55(59)44-20-17-16-18-21-44;/h16-33,35-40,71H,1-15H3;/q-1;. The predicted molar refractivity (Wildman–Crippen MR) is 301 cm³/mol. The van der Waals surface area contributed by atoms with E-state index < -0.39 is 0 Å². The van der Waals surface area contributed by atoms with Gasteiger partial charge in [-0.1, -0.05) is 197 Å². The van der Waals surface area contributed by atoms with Crippen LogP contribution in [0.15, 0.2) is 146 Å². The predicted octanol–water partition coefficient (Wildman–Crippen LogP) is 18.0. The number of phenols is 1. The van der Waals surface area contributed by atoms with Gasteiger partial charge in [-0.15, -0.1) is 29.3 Å². The maximum Gasteiger partial charge on any atom is 0.148 e. The topological polar surface area (TPSA) is 50.9 Å². The Kier molecular flexibility index (Phi) is 13.9. The maximum absolute atomic E-state index is 12.6. The van der Waals surface area contributed by atoms with E-state index in [9.17, 15) is 5.11 Å². The second-order valence-electron chi connectivity index (χ2n) is 23.9. The van der Waals surface area contributed by atoms with E-state index in [0.717, 1.165) is 72.5 Å². The van der Waals surface area contributed by atoms with Gasteiger partial charge in [-0.05, 0) is 123 Å². The number of phenolic OH excluding ortho intramolecular Hbond substituents is 1. The first-order valence-corrected chi connectivity index (χ1v) is 25.2. The van der Waals surface area contributed by atoms with Crippen molar-refractivity contribution in [3.05, 3.63) is 191 Å². The van der Waals surface area contributed by atoms with Crippen molar-refractivity contribution in [1.82, 2.24) is 14.5 Å². The van der Waals surface area contributed by atoms with Gasteiger partial charge in [0.25, 0.3) is 0 Å². The normalized spacial score (nSPS) is 12.3. The Labute approximate surface area is 443 Å². The van der Waals surface area contributed by atoms with Crippen molar-refractivity contribution in [3.63, 3.8) is 0 Å². The van der Waals surface area contributed by atoms with Crippen LogP contribution in [0.1, 0.15) is 122 Å². The fraction of sp³-hybridized carbons (Fsp3) is 0.284. The Bertz CT molecular complexity index is 3490. The van der Waals surface area contributed by atoms with Gasteiger partial charge in [-0.2, -0.15) is 0 Å². The second-order valence-corrected chi connectivity index (χ2v) is 23.9. The summed E-state index contributed by atoms with van der Waals surface area (Å²) in [5.74, 6) is 0.934. The average Bonchev–Trinajstić information content (AvgIpc) is 3.70. The van der Waals surface area contributed by atoms with Crippen molar-refractivity contribution < 1.29 is 26.2 Å². The van der Waals surface area contributed by atoms with Crippen molar-refractivity contribution in [2.75, 3.05) is 0 Å². The minimum Gasteiger partial charge on any atom is -0.507 e. The first-order chi connectivity index (χ1) is 33.4. The fourth-order valence-electron chi connectivity index (χ4n) is 9.90. The minimum atomic E-state index is -0.335. The first kappa shape index (κ1) is 52.0. The number of rotatable bonds is 7. The summed E-state index contributed by atoms with van der Waals surface area (Å²) in [4.78, 5) is 10.7. The summed E-state index contributed by atoms with van der Waals surface area (Å²) in [5.41, 5.74) is 21.5. The average molecular weight is 1130 g/mol. The molecule has 7 aromatic carbocycles. The molecule has 0 radical (unpaired) electrons. The summed E-state index contributed by atoms with van der Waals surface area (Å²) in [7, 11) is 0. The molecule has 9 aromatic rings. The third-order valence-electron chi connectivity index (χ3n) is 14.2. The Morgan fingerprint density at radius 3 is 1.72 bits per heavy atom. The Balaban J connectivity index is 0.00000693. The minimum absolute atomic E-state index is 0. The van der Waals surface area contributed by atoms with Gasteiger partial charge in [0, 0.05) is 44.1 Å². The van der Waals surface area contributed by atoms with Gasteiger partial charge in [0.1, 0.15) is 11.6 Å². The van der Waals surface area contributed by atoms with E-state index >= 15 is 0 Å². The van der Waals surface area contributed by atoms with Gasteiger partial charge >= 0.3 is 0 Å². The molecule has 0 fully saturated rings. The van der Waals surface area contributed by atoms with Gasteiger partial charge in [-0.25, -0.2) is 4.98 Å². The molecule has 0 saturated carbocycles. The molecule has 9 rings (SSSR count). The molecule has 0 aliphatic heterocycles. The van der Waals surface area contributed by atoms with Crippen LogP contribution in [0.2, 0.25) is 0 Å². The van der Waals surface area contributed by atoms with E-state index in [1.54, 1.807) is 0 Å². The van der Waals surface area contributed by atoms with Crippen LogP contribution in [0, 0.1) is 26.8 Å². The third kappa shape index (κ3) is 10.2. The molecular weight excluding hydrogens is 1060 g/mol. The quantitative estimate of drug-likeness (QED) is 0.162. The molecule has 5 heteroatoms. The van der Waals surface area contributed by atoms with E-state index in [0.29, 0.717) is 11.4 Å². The summed E-state index contributed by atoms with van der Waals surface area (Å²) < 4.78 is 2.29. The second kappa shape index (κ2) is 19.2. The van der Waals surface area contributed by atoms with Gasteiger partial charge in [0.2, 0.25) is 0 Å². The maximum atomic E-state index is 12.6. The van der Waals surface area contributed by atoms with Crippen molar-refractivity contribution >= 4 is 11.0 Å². The molecule has 2 aromatic heterocycles. The van der Waals surface area contributed by atoms with E-state index in [1.165, 1.54) is 38.9 Å². The van der Waals surface area contributed by atoms with Crippen molar-refractivity contribution in [2.24, 2.45) is 0 Å². The molecule has 0 aliphatic carbocycles. The molecule has 0 unspecified atom stereocenters. The zero-order chi connectivity index (χ0) is 50.9. The molecule has 0 atom stereocenters. The molecule has 0 bridgehead atoms. The van der Waals surface area contributed by atoms with Crippen LogP contribution in [0.5, 0.6) is 5.75 Å². The third-order valence-corrected chi connectivity index (χ3v) is 14.2. The Hall–Kier alpha value is -6.35. The number of aromatic hydroxyl groups is 1. The molecule has 72 heavy (non-hydrogen) atoms. The van der Waals surface area contributed by atoms with Crippen LogP contribution >= 0.6 is 0 Å². The van der Waals surface area contributed by atoms with E-state index in [2.05, 4.69) is 254 Å². The van der Waals surface area contributed by atoms with Crippen LogP contribution < -0.4 is 0 Å². The van der Waals surface area contributed by atoms with Crippen LogP contribution in [0.4, 0.5) is 0 Å². The summed E-state index contributed by atoms with van der Waals surface area (Å²) in [6.07, 6.45) is 1.92. The number of benzene rings is 7. The number of aromatic nitrogens is 3. The van der Waals surface area contributed by atoms with Crippen molar-refractivity contribution in [3.8, 4) is 78.6 Å². The fourth-order valence-corrected chi connectivity index (χ4v) is 9.90. The van der Waals surface area contributed by atoms with Crippen LogP contribution in [0.25, 0.3) is 83.9 Å². The van der Waals surface area contributed by atoms with Crippen LogP contribution in [0.3, 0.4) is 0 Å². The zero-order valence-corrected chi connectivity index (χ0v) is 47.2. The smallest absolute Gasteiger partial charge is 0.148 e. The van der Waals surface area contributed by atoms with Gasteiger partial charge in [-0.3, -0.25) is 9.55 Å². The number of pyridine rings is 1. The number of hydrogen-bond acceptors (Lipinski definition) is 3. The van der Waals surface area contributed by atoms with Gasteiger partial charge in [0.05, 0.1) is 22.3 Å². The summed E-state index contributed by atoms with van der Waals surface area (Å²) in [6, 6.07) is 54.5. The number of para-hydroxylation sites is 1. The Morgan fingerprint density at radius 1 is 0.472 bits per heavy atom. The first-order valence-electron chi connectivity index (χ1n) is 25.2. The van der Waals surface area contributed by atoms with Crippen molar-refractivity contribution in [1.29, 1.82) is 0 Å². The molecule has 1 N–H and O–H groups in total. The number of nitrogens with zero attached hydrogens (tertiary/aromatic N) is 3. The molecule has 370 valence electrons. The molecule has 2 heterocycles. The number of fused-ring (bicyclic) bond motifs is 1. The summed E-state index contributed by atoms with van der Waals surface area (Å²) in [5, 5.41) is 12.6. The van der Waals surface area contributed by atoms with E-state index in [4.69, 9.17) is 9.97 Å². The summed E-state index contributed by atoms with van der Waals surface area (Å²) >= 11 is 0. The van der Waals surface area contributed by atoms with Gasteiger partial charge in [0.15, 0.2) is 0 Å². The molecule has 0 spiro atoms. The zero-order valence-electron chi connectivity index (χ0n) is 45.0. The number of aryl methyl sites for hydroxylation is 3. The van der Waals surface area contributed by atoms with E-state index in [-0.39, 0.29) is 48.5 Å². The van der Waals surface area contributed by atoms with Gasteiger partial charge < -0.3 is 5.11 Å². The SMILES string of the molecule is Cc1ccc(-c2ccc(-c3ccnc(-c4[c-]c(-c5cccc6c5nc(-c5cc(C(C)(C)C)cc(C(C)(C)C)c5O)n6-c5ccc(C(C)(C)C)cc5-c5ccccc5)cc(C(C)(C)C)c4)c3)cc2C)c(C)c1.[Pt]. The monoisotopic (exact) mass is 1130 g/mol.